The van der Waals surface area contributed by atoms with Gasteiger partial charge in [0, 0.05) is 19.3 Å². The lowest BCUT2D eigenvalue weighted by molar-refractivity contribution is -0.142. The molecule has 2 aliphatic heterocycles. The van der Waals surface area contributed by atoms with Gasteiger partial charge in [0.05, 0.1) is 13.2 Å². The van der Waals surface area contributed by atoms with Crippen LogP contribution in [0.25, 0.3) is 0 Å². The number of carbonyl (C=O) groups excluding carboxylic acids is 2. The molecule has 1 aromatic carbocycles. The van der Waals surface area contributed by atoms with Gasteiger partial charge in [0.2, 0.25) is 0 Å². The molecule has 2 heterocycles. The number of aryl methyl sites for hydroxylation is 1. The number of fused-ring (bicyclic) bond motifs is 4. The van der Waals surface area contributed by atoms with Crippen LogP contribution in [0, 0.1) is 11.8 Å². The van der Waals surface area contributed by atoms with E-state index in [2.05, 4.69) is 11.8 Å². The minimum absolute atomic E-state index is 0.0400. The Morgan fingerprint density at radius 2 is 2.08 bits per heavy atom. The Balaban J connectivity index is 1.95. The van der Waals surface area contributed by atoms with E-state index in [1.165, 1.54) is 0 Å². The molecule has 0 amide bonds. The van der Waals surface area contributed by atoms with Gasteiger partial charge in [-0.25, -0.2) is 0 Å². The molecule has 0 aromatic heterocycles. The minimum Gasteiger partial charge on any atom is -0.497 e. The van der Waals surface area contributed by atoms with Crippen molar-refractivity contribution in [1.82, 2.24) is 0 Å². The number of cyclic esters (lactones) is 1. The van der Waals surface area contributed by atoms with E-state index >= 15 is 0 Å². The van der Waals surface area contributed by atoms with Crippen molar-refractivity contribution in [1.29, 1.82) is 0 Å². The van der Waals surface area contributed by atoms with E-state index in [1.807, 2.05) is 18.2 Å². The molecule has 1 saturated heterocycles. The van der Waals surface area contributed by atoms with E-state index in [9.17, 15) is 9.59 Å². The van der Waals surface area contributed by atoms with Crippen molar-refractivity contribution in [2.75, 3.05) is 13.7 Å². The Kier molecular flexibility index (Phi) is 5.17. The van der Waals surface area contributed by atoms with Crippen molar-refractivity contribution >= 4 is 11.8 Å². The lowest BCUT2D eigenvalue weighted by Gasteiger charge is -2.28. The first-order valence-electron chi connectivity index (χ1n) is 8.13. The second-order valence-electron chi connectivity index (χ2n) is 5.96. The van der Waals surface area contributed by atoms with Crippen molar-refractivity contribution in [3.8, 4) is 17.6 Å². The summed E-state index contributed by atoms with van der Waals surface area (Å²) < 4.78 is 16.4. The number of esters is 1. The fourth-order valence-electron chi connectivity index (χ4n) is 3.07. The van der Waals surface area contributed by atoms with Gasteiger partial charge in [0.25, 0.3) is 0 Å². The molecule has 0 aliphatic carbocycles. The number of carbonyl (C=O) groups is 2. The van der Waals surface area contributed by atoms with Crippen molar-refractivity contribution in [3.05, 3.63) is 29.3 Å². The number of rotatable bonds is 1. The average Bonchev–Trinajstić information content (AvgIpc) is 2.58. The van der Waals surface area contributed by atoms with Gasteiger partial charge in [0.1, 0.15) is 17.6 Å². The highest BCUT2D eigenvalue weighted by Gasteiger charge is 2.29. The fraction of sp³-hybridized carbons (Fsp3) is 0.474. The Morgan fingerprint density at radius 3 is 2.92 bits per heavy atom. The molecule has 2 aliphatic rings. The Morgan fingerprint density at radius 1 is 1.21 bits per heavy atom. The van der Waals surface area contributed by atoms with E-state index in [4.69, 9.17) is 14.2 Å². The number of ether oxygens (including phenoxy) is 3. The maximum Gasteiger partial charge on any atom is 0.306 e. The second-order valence-corrected chi connectivity index (χ2v) is 5.96. The minimum atomic E-state index is -0.453. The number of hydrogen-bond acceptors (Lipinski definition) is 5. The van der Waals surface area contributed by atoms with Gasteiger partial charge >= 0.3 is 5.97 Å². The number of ketones is 1. The molecule has 1 fully saturated rings. The van der Waals surface area contributed by atoms with Crippen LogP contribution in [-0.2, 0) is 25.5 Å². The highest BCUT2D eigenvalue weighted by atomic mass is 16.5. The Bertz CT molecular complexity index is 697. The van der Waals surface area contributed by atoms with Gasteiger partial charge in [-0.1, -0.05) is 17.9 Å². The highest BCUT2D eigenvalue weighted by Crippen LogP contribution is 2.33. The first-order chi connectivity index (χ1) is 11.7. The molecule has 2 bridgehead atoms. The molecule has 126 valence electrons. The molecular formula is C19H20O5. The maximum absolute atomic E-state index is 12.1. The summed E-state index contributed by atoms with van der Waals surface area (Å²) in [5.41, 5.74) is 2.01. The van der Waals surface area contributed by atoms with Gasteiger partial charge in [0.15, 0.2) is 6.61 Å². The predicted molar refractivity (Wildman–Crippen MR) is 86.5 cm³/mol. The molecule has 0 radical (unpaired) electrons. The normalized spacial score (nSPS) is 24.2. The van der Waals surface area contributed by atoms with Crippen molar-refractivity contribution < 1.29 is 23.8 Å². The third kappa shape index (κ3) is 3.95. The molecule has 0 spiro atoms. The van der Waals surface area contributed by atoms with E-state index in [0.717, 1.165) is 16.9 Å². The van der Waals surface area contributed by atoms with Crippen LogP contribution in [0.1, 0.15) is 42.9 Å². The first-order valence-corrected chi connectivity index (χ1v) is 8.13. The lowest BCUT2D eigenvalue weighted by atomic mass is 9.92. The Labute approximate surface area is 141 Å². The number of benzene rings is 1. The third-order valence-electron chi connectivity index (χ3n) is 4.25. The number of methoxy groups -OCH3 is 1. The van der Waals surface area contributed by atoms with Gasteiger partial charge < -0.3 is 14.2 Å². The summed E-state index contributed by atoms with van der Waals surface area (Å²) in [5, 5.41) is 0. The summed E-state index contributed by atoms with van der Waals surface area (Å²) in [7, 11) is 1.62. The lowest BCUT2D eigenvalue weighted by Crippen LogP contribution is -2.28. The maximum atomic E-state index is 12.1. The summed E-state index contributed by atoms with van der Waals surface area (Å²) in [6, 6.07) is 5.76. The van der Waals surface area contributed by atoms with Crippen LogP contribution < -0.4 is 4.74 Å². The van der Waals surface area contributed by atoms with Crippen molar-refractivity contribution in [2.45, 2.75) is 44.3 Å². The molecule has 24 heavy (non-hydrogen) atoms. The second kappa shape index (κ2) is 7.50. The van der Waals surface area contributed by atoms with Crippen LogP contribution in [-0.4, -0.2) is 31.6 Å². The van der Waals surface area contributed by atoms with Crippen LogP contribution in [0.15, 0.2) is 18.2 Å². The number of Topliss-reactive ketones (excluding diaryl/α,β-unsaturated/α-hetero) is 1. The zero-order valence-corrected chi connectivity index (χ0v) is 13.7. The van der Waals surface area contributed by atoms with E-state index in [-0.39, 0.29) is 30.9 Å². The molecule has 2 unspecified atom stereocenters. The summed E-state index contributed by atoms with van der Waals surface area (Å²) in [4.78, 5) is 23.8. The van der Waals surface area contributed by atoms with E-state index < -0.39 is 6.10 Å². The predicted octanol–water partition coefficient (Wildman–Crippen LogP) is 2.37. The largest absolute Gasteiger partial charge is 0.497 e. The van der Waals surface area contributed by atoms with Crippen molar-refractivity contribution in [2.24, 2.45) is 0 Å². The zero-order chi connectivity index (χ0) is 16.9. The molecule has 1 aromatic rings. The smallest absolute Gasteiger partial charge is 0.306 e. The Hall–Kier alpha value is -2.32. The van der Waals surface area contributed by atoms with Gasteiger partial charge in [-0.3, -0.25) is 9.59 Å². The van der Waals surface area contributed by atoms with Crippen LogP contribution >= 0.6 is 0 Å². The highest BCUT2D eigenvalue weighted by molar-refractivity contribution is 5.81. The average molecular weight is 328 g/mol. The van der Waals surface area contributed by atoms with Crippen LogP contribution in [0.3, 0.4) is 0 Å². The molecule has 0 saturated carbocycles. The van der Waals surface area contributed by atoms with Crippen molar-refractivity contribution in [3.63, 3.8) is 0 Å². The topological polar surface area (TPSA) is 61.8 Å². The molecule has 0 N–H and O–H groups in total. The van der Waals surface area contributed by atoms with Crippen LogP contribution in [0.4, 0.5) is 0 Å². The van der Waals surface area contributed by atoms with Gasteiger partial charge in [-0.05, 0) is 36.1 Å². The number of hydrogen-bond donors (Lipinski definition) is 0. The van der Waals surface area contributed by atoms with Gasteiger partial charge in [-0.15, -0.1) is 0 Å². The fourth-order valence-corrected chi connectivity index (χ4v) is 3.07. The molecular weight excluding hydrogens is 308 g/mol. The van der Waals surface area contributed by atoms with Crippen LogP contribution in [0.5, 0.6) is 5.75 Å². The van der Waals surface area contributed by atoms with E-state index in [1.54, 1.807) is 7.11 Å². The quantitative estimate of drug-likeness (QED) is 0.585. The summed E-state index contributed by atoms with van der Waals surface area (Å²) in [6.45, 7) is 0.0400. The van der Waals surface area contributed by atoms with Gasteiger partial charge in [-0.2, -0.15) is 0 Å². The molecule has 5 nitrogen and oxygen atoms in total. The zero-order valence-electron chi connectivity index (χ0n) is 13.7. The molecule has 5 heteroatoms. The van der Waals surface area contributed by atoms with Crippen LogP contribution in [0.2, 0.25) is 0 Å². The molecule has 3 rings (SSSR count). The molecule has 2 atom stereocenters. The summed E-state index contributed by atoms with van der Waals surface area (Å²) in [6.07, 6.45) is 1.58. The van der Waals surface area contributed by atoms with E-state index in [0.29, 0.717) is 25.7 Å². The summed E-state index contributed by atoms with van der Waals surface area (Å²) in [5.74, 6) is 6.31. The monoisotopic (exact) mass is 328 g/mol. The third-order valence-corrected chi connectivity index (χ3v) is 4.25. The summed E-state index contributed by atoms with van der Waals surface area (Å²) >= 11 is 0. The standard InChI is InChI=1S/C19H20O5/c1-22-15-7-8-17-13(10-15)4-2-6-19(21)23-9-3-5-16-11-14(20)12-18(17)24-16/h7-8,10,16,18H,2,4,6,9,11-12H2,1H3. The first kappa shape index (κ1) is 16.5. The SMILES string of the molecule is COc1ccc2c(c1)CCCC(=O)OCC#CC1CC(=O)CC2O1.